The maximum absolute atomic E-state index is 13.9. The van der Waals surface area contributed by atoms with Crippen LogP contribution in [0.4, 0.5) is 22.0 Å². The van der Waals surface area contributed by atoms with E-state index >= 15 is 0 Å². The molecule has 4 nitrogen and oxygen atoms in total. The Bertz CT molecular complexity index is 1730. The molecule has 0 fully saturated rings. The molecule has 0 radical (unpaired) electrons. The lowest BCUT2D eigenvalue weighted by Crippen LogP contribution is -2.12. The number of esters is 2. The van der Waals surface area contributed by atoms with Crippen LogP contribution < -0.4 is 9.47 Å². The molecule has 184 valence electrons. The van der Waals surface area contributed by atoms with Crippen LogP contribution in [-0.2, 0) is 0 Å². The third-order valence-electron chi connectivity index (χ3n) is 5.61. The van der Waals surface area contributed by atoms with Crippen molar-refractivity contribution in [3.8, 4) is 11.5 Å². The number of ether oxygens (including phenoxy) is 2. The number of rotatable bonds is 4. The van der Waals surface area contributed by atoms with E-state index in [0.717, 1.165) is 35.0 Å². The molecule has 0 aliphatic carbocycles. The summed E-state index contributed by atoms with van der Waals surface area (Å²) >= 11 is 0. The monoisotopic (exact) mass is 508 g/mol. The van der Waals surface area contributed by atoms with Gasteiger partial charge >= 0.3 is 11.9 Å². The minimum atomic E-state index is -1.77. The number of carbonyl (C=O) groups excluding carboxylic acids is 2. The third kappa shape index (κ3) is 4.58. The first-order valence-electron chi connectivity index (χ1n) is 10.7. The van der Waals surface area contributed by atoms with Gasteiger partial charge in [-0.2, -0.15) is 0 Å². The van der Waals surface area contributed by atoms with Crippen LogP contribution in [0.5, 0.6) is 11.5 Å². The molecule has 0 amide bonds. The van der Waals surface area contributed by atoms with Crippen LogP contribution >= 0.6 is 0 Å². The molecule has 0 aliphatic heterocycles. The topological polar surface area (TPSA) is 52.6 Å². The van der Waals surface area contributed by atoms with Crippen LogP contribution in [0.15, 0.2) is 78.9 Å². The van der Waals surface area contributed by atoms with E-state index in [9.17, 15) is 31.5 Å². The molecule has 0 atom stereocenters. The van der Waals surface area contributed by atoms with Crippen LogP contribution in [0.1, 0.15) is 20.7 Å². The van der Waals surface area contributed by atoms with E-state index in [1.165, 1.54) is 18.2 Å². The third-order valence-corrected chi connectivity index (χ3v) is 5.61. The summed E-state index contributed by atoms with van der Waals surface area (Å²) in [6.07, 6.45) is 0. The smallest absolute Gasteiger partial charge is 0.346 e. The molecule has 0 spiro atoms. The van der Waals surface area contributed by atoms with Gasteiger partial charge in [0.1, 0.15) is 11.5 Å². The quantitative estimate of drug-likeness (QED) is 0.0853. The second kappa shape index (κ2) is 9.34. The normalized spacial score (nSPS) is 11.1. The molecule has 0 aliphatic rings. The molecule has 0 heterocycles. The van der Waals surface area contributed by atoms with Crippen LogP contribution in [0.3, 0.4) is 0 Å². The lowest BCUT2D eigenvalue weighted by molar-refractivity contribution is 0.0721. The van der Waals surface area contributed by atoms with Crippen molar-refractivity contribution in [1.82, 2.24) is 0 Å². The van der Waals surface area contributed by atoms with E-state index in [0.29, 0.717) is 16.8 Å². The molecule has 0 N–H and O–H groups in total. The summed E-state index contributed by atoms with van der Waals surface area (Å²) in [7, 11) is 0. The van der Waals surface area contributed by atoms with Crippen LogP contribution in [0.25, 0.3) is 21.5 Å². The fourth-order valence-electron chi connectivity index (χ4n) is 3.79. The van der Waals surface area contributed by atoms with Gasteiger partial charge in [-0.1, -0.05) is 24.3 Å². The highest BCUT2D eigenvalue weighted by atomic mass is 19.2. The van der Waals surface area contributed by atoms with Gasteiger partial charge in [0.15, 0.2) is 29.1 Å². The van der Waals surface area contributed by atoms with E-state index in [1.54, 1.807) is 30.3 Å². The summed E-state index contributed by atoms with van der Waals surface area (Å²) in [5.41, 5.74) is -0.897. The molecule has 37 heavy (non-hydrogen) atoms. The van der Waals surface area contributed by atoms with Crippen molar-refractivity contribution in [2.24, 2.45) is 0 Å². The Morgan fingerprint density at radius 3 is 1.68 bits per heavy atom. The van der Waals surface area contributed by atoms with Crippen molar-refractivity contribution in [3.63, 3.8) is 0 Å². The maximum atomic E-state index is 13.9. The van der Waals surface area contributed by atoms with Gasteiger partial charge in [-0.25, -0.2) is 31.5 Å². The summed E-state index contributed by atoms with van der Waals surface area (Å²) in [5.74, 6) is -8.89. The zero-order valence-corrected chi connectivity index (χ0v) is 18.5. The van der Waals surface area contributed by atoms with Crippen molar-refractivity contribution >= 4 is 33.5 Å². The Morgan fingerprint density at radius 1 is 0.514 bits per heavy atom. The maximum Gasteiger partial charge on any atom is 0.346 e. The highest BCUT2D eigenvalue weighted by Crippen LogP contribution is 2.31. The van der Waals surface area contributed by atoms with Gasteiger partial charge in [0.2, 0.25) is 0 Å². The van der Waals surface area contributed by atoms with Crippen molar-refractivity contribution in [2.75, 3.05) is 0 Å². The standard InChI is InChI=1S/C28H13F5O4/c29-22-9-3-16(13-24(22)31)27(34)36-17-4-6-19-14(11-17)1-2-15-12-18(5-7-20(15)19)37-28(35)21-8-10-23(30)26(33)25(21)32/h1-13H. The highest BCUT2D eigenvalue weighted by Gasteiger charge is 2.21. The first-order chi connectivity index (χ1) is 17.7. The summed E-state index contributed by atoms with van der Waals surface area (Å²) < 4.78 is 77.4. The Balaban J connectivity index is 1.39. The van der Waals surface area contributed by atoms with Gasteiger partial charge in [-0.3, -0.25) is 0 Å². The zero-order valence-electron chi connectivity index (χ0n) is 18.5. The molecule has 0 bridgehead atoms. The lowest BCUT2D eigenvalue weighted by Gasteiger charge is -2.10. The molecule has 9 heteroatoms. The van der Waals surface area contributed by atoms with Crippen LogP contribution in [-0.4, -0.2) is 11.9 Å². The highest BCUT2D eigenvalue weighted by molar-refractivity contribution is 6.08. The van der Waals surface area contributed by atoms with E-state index in [2.05, 4.69) is 0 Å². The van der Waals surface area contributed by atoms with Gasteiger partial charge in [0, 0.05) is 0 Å². The van der Waals surface area contributed by atoms with Gasteiger partial charge in [0.25, 0.3) is 0 Å². The zero-order chi connectivity index (χ0) is 26.3. The summed E-state index contributed by atoms with van der Waals surface area (Å²) in [4.78, 5) is 24.6. The fourth-order valence-corrected chi connectivity index (χ4v) is 3.79. The minimum Gasteiger partial charge on any atom is -0.423 e. The molecule has 0 unspecified atom stereocenters. The molecule has 5 aromatic carbocycles. The Hall–Kier alpha value is -4.79. The molecular formula is C28H13F5O4. The first kappa shape index (κ1) is 23.9. The number of hydrogen-bond donors (Lipinski definition) is 0. The van der Waals surface area contributed by atoms with Crippen molar-refractivity contribution in [1.29, 1.82) is 0 Å². The second-order valence-electron chi connectivity index (χ2n) is 7.96. The average molecular weight is 508 g/mol. The first-order valence-corrected chi connectivity index (χ1v) is 10.7. The number of halogens is 5. The Labute approximate surface area is 205 Å². The van der Waals surface area contributed by atoms with Crippen LogP contribution in [0.2, 0.25) is 0 Å². The Morgan fingerprint density at radius 2 is 1.08 bits per heavy atom. The lowest BCUT2D eigenvalue weighted by atomic mass is 10.0. The fraction of sp³-hybridized carbons (Fsp3) is 0. The van der Waals surface area contributed by atoms with Crippen molar-refractivity contribution in [3.05, 3.63) is 119 Å². The predicted molar refractivity (Wildman–Crippen MR) is 124 cm³/mol. The summed E-state index contributed by atoms with van der Waals surface area (Å²) in [6, 6.07) is 17.0. The largest absolute Gasteiger partial charge is 0.423 e. The molecular weight excluding hydrogens is 495 g/mol. The number of hydrogen-bond acceptors (Lipinski definition) is 4. The molecule has 5 rings (SSSR count). The summed E-state index contributed by atoms with van der Waals surface area (Å²) in [5, 5.41) is 2.84. The average Bonchev–Trinajstić information content (AvgIpc) is 2.88. The van der Waals surface area contributed by atoms with E-state index in [4.69, 9.17) is 9.47 Å². The number of fused-ring (bicyclic) bond motifs is 3. The van der Waals surface area contributed by atoms with E-state index in [-0.39, 0.29) is 17.1 Å². The number of carbonyl (C=O) groups is 2. The number of benzene rings is 5. The van der Waals surface area contributed by atoms with Gasteiger partial charge in [0.05, 0.1) is 11.1 Å². The molecule has 0 saturated heterocycles. The van der Waals surface area contributed by atoms with Crippen molar-refractivity contribution < 1.29 is 41.0 Å². The van der Waals surface area contributed by atoms with Crippen LogP contribution in [0, 0.1) is 29.1 Å². The van der Waals surface area contributed by atoms with Gasteiger partial charge < -0.3 is 9.47 Å². The van der Waals surface area contributed by atoms with Crippen molar-refractivity contribution in [2.45, 2.75) is 0 Å². The Kier molecular flexibility index (Phi) is 6.04. The summed E-state index contributed by atoms with van der Waals surface area (Å²) in [6.45, 7) is 0. The SMILES string of the molecule is O=C(Oc1ccc2c(ccc3cc(OC(=O)c4ccc(F)c(F)c4F)ccc32)c1)c1ccc(F)c(F)c1. The minimum absolute atomic E-state index is 0.0538. The molecule has 0 saturated carbocycles. The predicted octanol–water partition coefficient (Wildman–Crippen LogP) is 7.13. The van der Waals surface area contributed by atoms with E-state index < -0.39 is 46.6 Å². The second-order valence-corrected chi connectivity index (χ2v) is 7.96. The van der Waals surface area contributed by atoms with Gasteiger partial charge in [-0.15, -0.1) is 0 Å². The van der Waals surface area contributed by atoms with Gasteiger partial charge in [-0.05, 0) is 76.1 Å². The molecule has 5 aromatic rings. The molecule has 0 aromatic heterocycles. The van der Waals surface area contributed by atoms with E-state index in [1.807, 2.05) is 0 Å².